The van der Waals surface area contributed by atoms with Crippen molar-refractivity contribution in [2.75, 3.05) is 19.7 Å². The second-order valence-electron chi connectivity index (χ2n) is 5.28. The molecule has 3 atom stereocenters. The molecule has 0 aromatic carbocycles. The summed E-state index contributed by atoms with van der Waals surface area (Å²) in [7, 11) is 0. The van der Waals surface area contributed by atoms with Crippen LogP contribution in [0.15, 0.2) is 11.0 Å². The van der Waals surface area contributed by atoms with Crippen molar-refractivity contribution in [1.82, 2.24) is 5.32 Å². The predicted octanol–water partition coefficient (Wildman–Crippen LogP) is 0.835. The predicted molar refractivity (Wildman–Crippen MR) is 79.3 cm³/mol. The van der Waals surface area contributed by atoms with Crippen LogP contribution in [-0.4, -0.2) is 42.2 Å². The van der Waals surface area contributed by atoms with Gasteiger partial charge >= 0.3 is 5.97 Å². The van der Waals surface area contributed by atoms with Crippen molar-refractivity contribution in [1.29, 1.82) is 0 Å². The molecule has 0 bridgehead atoms. The van der Waals surface area contributed by atoms with Gasteiger partial charge in [-0.1, -0.05) is 19.4 Å². The van der Waals surface area contributed by atoms with Crippen molar-refractivity contribution < 1.29 is 14.3 Å². The molecular formula is C14H22N2O3S. The summed E-state index contributed by atoms with van der Waals surface area (Å²) >= 11 is 1.30. The van der Waals surface area contributed by atoms with E-state index >= 15 is 0 Å². The highest BCUT2D eigenvalue weighted by molar-refractivity contribution is 8.06. The molecule has 1 saturated heterocycles. The van der Waals surface area contributed by atoms with Crippen molar-refractivity contribution in [2.45, 2.75) is 37.5 Å². The van der Waals surface area contributed by atoms with Crippen LogP contribution in [0.4, 0.5) is 0 Å². The van der Waals surface area contributed by atoms with E-state index in [1.54, 1.807) is 0 Å². The van der Waals surface area contributed by atoms with Crippen molar-refractivity contribution in [2.24, 2.45) is 11.7 Å². The van der Waals surface area contributed by atoms with Crippen molar-refractivity contribution >= 4 is 23.5 Å². The Bertz CT molecular complexity index is 438. The summed E-state index contributed by atoms with van der Waals surface area (Å²) in [5.74, 6) is -0.672. The van der Waals surface area contributed by atoms with Crippen LogP contribution in [0, 0.1) is 5.92 Å². The molecule has 1 fully saturated rings. The Morgan fingerprint density at radius 2 is 2.35 bits per heavy atom. The zero-order valence-electron chi connectivity index (χ0n) is 12.0. The smallest absolute Gasteiger partial charge is 0.331 e. The van der Waals surface area contributed by atoms with Gasteiger partial charge in [0.15, 0.2) is 10.5 Å². The molecule has 0 amide bonds. The fraction of sp³-hybridized carbons (Fsp3) is 0.714. The standard InChI is InChI=1S/C14H22N2O3S/c1-3-4-7-19-13(18)14(9(2)17)12(15)10-8-16-6-5-11(10)20-14/h5,10,12,16H,3-4,6-8,15H2,1-2H3. The zero-order valence-corrected chi connectivity index (χ0v) is 12.8. The molecule has 6 heteroatoms. The van der Waals surface area contributed by atoms with E-state index in [0.29, 0.717) is 13.2 Å². The highest BCUT2D eigenvalue weighted by Gasteiger charge is 2.59. The number of thioether (sulfide) groups is 1. The lowest BCUT2D eigenvalue weighted by Gasteiger charge is -2.29. The maximum atomic E-state index is 12.4. The highest BCUT2D eigenvalue weighted by atomic mass is 32.2. The van der Waals surface area contributed by atoms with Crippen LogP contribution in [0.2, 0.25) is 0 Å². The number of fused-ring (bicyclic) bond motifs is 1. The summed E-state index contributed by atoms with van der Waals surface area (Å²) < 4.78 is 4.03. The number of hydrogen-bond donors (Lipinski definition) is 2. The van der Waals surface area contributed by atoms with Crippen LogP contribution in [0.3, 0.4) is 0 Å². The third kappa shape index (κ3) is 2.52. The van der Waals surface area contributed by atoms with Crippen LogP contribution in [0.25, 0.3) is 0 Å². The van der Waals surface area contributed by atoms with Crippen LogP contribution in [0.5, 0.6) is 0 Å². The number of carbonyl (C=O) groups excluding carboxylic acids is 2. The average molecular weight is 298 g/mol. The second-order valence-corrected chi connectivity index (χ2v) is 6.60. The summed E-state index contributed by atoms with van der Waals surface area (Å²) in [4.78, 5) is 25.6. The molecule has 0 spiro atoms. The van der Waals surface area contributed by atoms with Crippen molar-refractivity contribution in [3.8, 4) is 0 Å². The summed E-state index contributed by atoms with van der Waals surface area (Å²) in [6, 6.07) is -0.529. The first-order valence-corrected chi connectivity index (χ1v) is 7.89. The largest absolute Gasteiger partial charge is 0.464 e. The first kappa shape index (κ1) is 15.5. The third-order valence-corrected chi connectivity index (χ3v) is 5.67. The van der Waals surface area contributed by atoms with Gasteiger partial charge in [0.05, 0.1) is 6.61 Å². The molecular weight excluding hydrogens is 276 g/mol. The van der Waals surface area contributed by atoms with Gasteiger partial charge in [0, 0.05) is 25.0 Å². The van der Waals surface area contributed by atoms with Crippen LogP contribution < -0.4 is 11.1 Å². The first-order valence-electron chi connectivity index (χ1n) is 7.07. The van der Waals surface area contributed by atoms with Crippen LogP contribution >= 0.6 is 11.8 Å². The summed E-state index contributed by atoms with van der Waals surface area (Å²) in [6.45, 7) is 5.26. The number of carbonyl (C=O) groups is 2. The zero-order chi connectivity index (χ0) is 14.8. The van der Waals surface area contributed by atoms with Gasteiger partial charge in [0.1, 0.15) is 0 Å². The van der Waals surface area contributed by atoms with E-state index in [1.807, 2.05) is 13.0 Å². The van der Waals surface area contributed by atoms with Gasteiger partial charge in [-0.3, -0.25) is 4.79 Å². The number of ether oxygens (including phenoxy) is 1. The number of esters is 1. The maximum absolute atomic E-state index is 12.4. The fourth-order valence-electron chi connectivity index (χ4n) is 2.67. The maximum Gasteiger partial charge on any atom is 0.331 e. The molecule has 0 aromatic heterocycles. The van der Waals surface area contributed by atoms with Gasteiger partial charge in [-0.05, 0) is 18.2 Å². The number of Topliss-reactive ketones (excluding diaryl/α,β-unsaturated/α-hetero) is 1. The highest BCUT2D eigenvalue weighted by Crippen LogP contribution is 2.50. The minimum Gasteiger partial charge on any atom is -0.464 e. The second kappa shape index (κ2) is 6.28. The number of nitrogens with one attached hydrogen (secondary N) is 1. The number of unbranched alkanes of at least 4 members (excludes halogenated alkanes) is 1. The quantitative estimate of drug-likeness (QED) is 0.444. The third-order valence-electron chi connectivity index (χ3n) is 3.92. The van der Waals surface area contributed by atoms with Crippen LogP contribution in [-0.2, 0) is 14.3 Å². The molecule has 112 valence electrons. The Morgan fingerprint density at radius 3 is 2.95 bits per heavy atom. The number of nitrogens with two attached hydrogens (primary N) is 1. The number of rotatable bonds is 5. The fourth-order valence-corrected chi connectivity index (χ4v) is 4.17. The van der Waals surface area contributed by atoms with Crippen molar-refractivity contribution in [3.05, 3.63) is 11.0 Å². The Balaban J connectivity index is 2.22. The lowest BCUT2D eigenvalue weighted by atomic mass is 9.85. The first-order chi connectivity index (χ1) is 9.54. The lowest BCUT2D eigenvalue weighted by molar-refractivity contribution is -0.150. The molecule has 0 radical (unpaired) electrons. The van der Waals surface area contributed by atoms with E-state index in [9.17, 15) is 9.59 Å². The normalized spacial score (nSPS) is 32.5. The molecule has 2 aliphatic heterocycles. The lowest BCUT2D eigenvalue weighted by Crippen LogP contribution is -2.57. The molecule has 2 rings (SSSR count). The van der Waals surface area contributed by atoms with E-state index < -0.39 is 16.8 Å². The van der Waals surface area contributed by atoms with Gasteiger partial charge in [-0.25, -0.2) is 4.79 Å². The summed E-state index contributed by atoms with van der Waals surface area (Å²) in [6.07, 6.45) is 3.76. The van der Waals surface area contributed by atoms with E-state index in [2.05, 4.69) is 5.32 Å². The van der Waals surface area contributed by atoms with E-state index in [0.717, 1.165) is 24.3 Å². The van der Waals surface area contributed by atoms with Gasteiger partial charge < -0.3 is 15.8 Å². The summed E-state index contributed by atoms with van der Waals surface area (Å²) in [5.41, 5.74) is 6.25. The molecule has 20 heavy (non-hydrogen) atoms. The molecule has 3 unspecified atom stereocenters. The van der Waals surface area contributed by atoms with Crippen LogP contribution in [0.1, 0.15) is 26.7 Å². The van der Waals surface area contributed by atoms with Gasteiger partial charge in [0.2, 0.25) is 0 Å². The van der Waals surface area contributed by atoms with E-state index in [4.69, 9.17) is 10.5 Å². The topological polar surface area (TPSA) is 81.4 Å². The number of ketones is 1. The Kier molecular flexibility index (Phi) is 4.88. The van der Waals surface area contributed by atoms with E-state index in [1.165, 1.54) is 18.7 Å². The molecule has 3 N–H and O–H groups in total. The minimum absolute atomic E-state index is 0.0244. The van der Waals surface area contributed by atoms with Gasteiger partial charge in [0.25, 0.3) is 0 Å². The molecule has 0 saturated carbocycles. The van der Waals surface area contributed by atoms with Gasteiger partial charge in [-0.2, -0.15) is 0 Å². The SMILES string of the molecule is CCCCOC(=O)C1(C(C)=O)SC2=CCNCC2C1N. The monoisotopic (exact) mass is 298 g/mol. The molecule has 0 aliphatic carbocycles. The number of hydrogen-bond acceptors (Lipinski definition) is 6. The Hall–Kier alpha value is -0.850. The van der Waals surface area contributed by atoms with E-state index in [-0.39, 0.29) is 11.7 Å². The Morgan fingerprint density at radius 1 is 1.60 bits per heavy atom. The molecule has 0 aromatic rings. The molecule has 5 nitrogen and oxygen atoms in total. The summed E-state index contributed by atoms with van der Waals surface area (Å²) in [5, 5.41) is 3.22. The van der Waals surface area contributed by atoms with Gasteiger partial charge in [-0.15, -0.1) is 11.8 Å². The average Bonchev–Trinajstić information content (AvgIpc) is 2.74. The molecule has 2 aliphatic rings. The minimum atomic E-state index is -1.27. The molecule has 2 heterocycles. The van der Waals surface area contributed by atoms with Crippen molar-refractivity contribution in [3.63, 3.8) is 0 Å². The Labute approximate surface area is 123 Å².